The molecule has 0 unspecified atom stereocenters. The highest BCUT2D eigenvalue weighted by molar-refractivity contribution is 6.06. The number of benzene rings is 3. The molecule has 0 bridgehead atoms. The predicted molar refractivity (Wildman–Crippen MR) is 133 cm³/mol. The third-order valence-electron chi connectivity index (χ3n) is 6.20. The van der Waals surface area contributed by atoms with Crippen LogP contribution in [0, 0.1) is 13.8 Å². The van der Waals surface area contributed by atoms with Gasteiger partial charge in [-0.15, -0.1) is 0 Å². The van der Waals surface area contributed by atoms with Crippen LogP contribution in [0.5, 0.6) is 0 Å². The average molecular weight is 435 g/mol. The van der Waals surface area contributed by atoms with E-state index < -0.39 is 0 Å². The molecule has 1 N–H and O–H groups in total. The van der Waals surface area contributed by atoms with Crippen molar-refractivity contribution in [3.63, 3.8) is 0 Å². The van der Waals surface area contributed by atoms with Gasteiger partial charge in [0.15, 0.2) is 0 Å². The molecule has 0 saturated carbocycles. The lowest BCUT2D eigenvalue weighted by Gasteiger charge is -2.10. The Kier molecular flexibility index (Phi) is 5.53. The molecule has 5 nitrogen and oxygen atoms in total. The van der Waals surface area contributed by atoms with Crippen LogP contribution < -0.4 is 5.32 Å². The molecular formula is C28H26N4O. The molecule has 164 valence electrons. The summed E-state index contributed by atoms with van der Waals surface area (Å²) in [4.78, 5) is 13.0. The minimum Gasteiger partial charge on any atom is -0.340 e. The molecule has 1 amide bonds. The van der Waals surface area contributed by atoms with Crippen LogP contribution in [0.3, 0.4) is 0 Å². The van der Waals surface area contributed by atoms with E-state index in [0.29, 0.717) is 12.1 Å². The van der Waals surface area contributed by atoms with Gasteiger partial charge in [0.2, 0.25) is 0 Å². The Morgan fingerprint density at radius 1 is 0.879 bits per heavy atom. The van der Waals surface area contributed by atoms with Crippen LogP contribution in [0.25, 0.3) is 10.9 Å². The van der Waals surface area contributed by atoms with Crippen molar-refractivity contribution in [2.75, 3.05) is 5.32 Å². The number of rotatable bonds is 6. The minimum absolute atomic E-state index is 0.112. The summed E-state index contributed by atoms with van der Waals surface area (Å²) in [6.07, 6.45) is 3.70. The summed E-state index contributed by atoms with van der Waals surface area (Å²) in [7, 11) is 0. The number of aromatic nitrogens is 3. The van der Waals surface area contributed by atoms with Gasteiger partial charge in [-0.05, 0) is 60.9 Å². The number of amides is 1. The van der Waals surface area contributed by atoms with Crippen LogP contribution in [0.4, 0.5) is 5.69 Å². The Bertz CT molecular complexity index is 1400. The first-order chi connectivity index (χ1) is 16.1. The van der Waals surface area contributed by atoms with Gasteiger partial charge >= 0.3 is 0 Å². The molecule has 2 heterocycles. The molecule has 33 heavy (non-hydrogen) atoms. The molecule has 0 spiro atoms. The zero-order valence-electron chi connectivity index (χ0n) is 18.8. The van der Waals surface area contributed by atoms with Crippen LogP contribution in [0.2, 0.25) is 0 Å². The van der Waals surface area contributed by atoms with E-state index in [9.17, 15) is 4.79 Å². The lowest BCUT2D eigenvalue weighted by atomic mass is 10.1. The van der Waals surface area contributed by atoms with Gasteiger partial charge in [0.1, 0.15) is 0 Å². The van der Waals surface area contributed by atoms with Gasteiger partial charge in [-0.3, -0.25) is 9.48 Å². The van der Waals surface area contributed by atoms with Gasteiger partial charge < -0.3 is 9.88 Å². The summed E-state index contributed by atoms with van der Waals surface area (Å²) >= 11 is 0. The van der Waals surface area contributed by atoms with Crippen LogP contribution in [0.15, 0.2) is 91.3 Å². The predicted octanol–water partition coefficient (Wildman–Crippen LogP) is 5.80. The van der Waals surface area contributed by atoms with Crippen LogP contribution >= 0.6 is 0 Å². The quantitative estimate of drug-likeness (QED) is 0.367. The van der Waals surface area contributed by atoms with Crippen molar-refractivity contribution in [3.8, 4) is 0 Å². The summed E-state index contributed by atoms with van der Waals surface area (Å²) in [5, 5.41) is 8.45. The minimum atomic E-state index is -0.112. The summed E-state index contributed by atoms with van der Waals surface area (Å²) in [5.41, 5.74) is 7.34. The van der Waals surface area contributed by atoms with E-state index in [4.69, 9.17) is 0 Å². The molecule has 5 aromatic rings. The van der Waals surface area contributed by atoms with Gasteiger partial charge in [0.05, 0.1) is 6.54 Å². The molecule has 0 saturated heterocycles. The average Bonchev–Trinajstić information content (AvgIpc) is 3.43. The summed E-state index contributed by atoms with van der Waals surface area (Å²) in [5.74, 6) is -0.112. The van der Waals surface area contributed by atoms with Gasteiger partial charge in [-0.25, -0.2) is 0 Å². The molecule has 0 atom stereocenters. The molecule has 5 rings (SSSR count). The number of fused-ring (bicyclic) bond motifs is 1. The summed E-state index contributed by atoms with van der Waals surface area (Å²) in [6.45, 7) is 5.77. The largest absolute Gasteiger partial charge is 0.340 e. The van der Waals surface area contributed by atoms with E-state index in [-0.39, 0.29) is 5.91 Å². The van der Waals surface area contributed by atoms with Crippen molar-refractivity contribution in [2.24, 2.45) is 0 Å². The molecule has 0 aliphatic rings. The Morgan fingerprint density at radius 3 is 2.36 bits per heavy atom. The highest BCUT2D eigenvalue weighted by atomic mass is 16.1. The maximum atomic E-state index is 13.0. The fraction of sp³-hybridized carbons (Fsp3) is 0.143. The van der Waals surface area contributed by atoms with Crippen molar-refractivity contribution in [2.45, 2.75) is 26.9 Å². The Labute approximate surface area is 193 Å². The third-order valence-corrected chi connectivity index (χ3v) is 6.20. The summed E-state index contributed by atoms with van der Waals surface area (Å²) in [6, 6.07) is 26.2. The van der Waals surface area contributed by atoms with Crippen molar-refractivity contribution >= 4 is 22.5 Å². The van der Waals surface area contributed by atoms with Gasteiger partial charge in [0.25, 0.3) is 5.91 Å². The first-order valence-corrected chi connectivity index (χ1v) is 11.1. The SMILES string of the molecule is Cc1c(C)n(Cc2ccccc2)c2cc(C(=O)Nc3ccc(Cn4cccn4)cc3)ccc12. The van der Waals surface area contributed by atoms with E-state index in [1.165, 1.54) is 22.2 Å². The Hall–Kier alpha value is -4.12. The standard InChI is InChI=1S/C28H26N4O/c1-20-21(2)32(19-22-7-4-3-5-8-22)27-17-24(11-14-26(20)27)28(33)30-25-12-9-23(10-13-25)18-31-16-6-15-29-31/h3-17H,18-19H2,1-2H3,(H,30,33). The highest BCUT2D eigenvalue weighted by Crippen LogP contribution is 2.27. The normalized spacial score (nSPS) is 11.1. The number of nitrogens with zero attached hydrogens (tertiary/aromatic N) is 3. The number of hydrogen-bond acceptors (Lipinski definition) is 2. The highest BCUT2D eigenvalue weighted by Gasteiger charge is 2.14. The fourth-order valence-electron chi connectivity index (χ4n) is 4.24. The van der Waals surface area contributed by atoms with E-state index in [2.05, 4.69) is 59.2 Å². The molecular weight excluding hydrogens is 408 g/mol. The topological polar surface area (TPSA) is 51.9 Å². The molecule has 2 aromatic heterocycles. The Morgan fingerprint density at radius 2 is 1.64 bits per heavy atom. The molecule has 5 heteroatoms. The number of hydrogen-bond donors (Lipinski definition) is 1. The van der Waals surface area contributed by atoms with Gasteiger partial charge in [-0.2, -0.15) is 5.10 Å². The van der Waals surface area contributed by atoms with Gasteiger partial charge in [-0.1, -0.05) is 48.5 Å². The molecule has 0 aliphatic carbocycles. The van der Waals surface area contributed by atoms with Crippen LogP contribution in [-0.2, 0) is 13.1 Å². The molecule has 0 radical (unpaired) electrons. The lowest BCUT2D eigenvalue weighted by molar-refractivity contribution is 0.102. The van der Waals surface area contributed by atoms with Gasteiger partial charge in [0, 0.05) is 46.8 Å². The molecule has 0 aliphatic heterocycles. The number of aryl methyl sites for hydroxylation is 1. The zero-order chi connectivity index (χ0) is 22.8. The second-order valence-corrected chi connectivity index (χ2v) is 8.37. The van der Waals surface area contributed by atoms with Crippen LogP contribution in [-0.4, -0.2) is 20.3 Å². The maximum absolute atomic E-state index is 13.0. The number of carbonyl (C=O) groups is 1. The van der Waals surface area contributed by atoms with Crippen molar-refractivity contribution in [1.29, 1.82) is 0 Å². The first kappa shape index (κ1) is 20.8. The monoisotopic (exact) mass is 434 g/mol. The molecule has 3 aromatic carbocycles. The van der Waals surface area contributed by atoms with Crippen molar-refractivity contribution in [1.82, 2.24) is 14.3 Å². The zero-order valence-corrected chi connectivity index (χ0v) is 18.8. The van der Waals surface area contributed by atoms with E-state index in [0.717, 1.165) is 23.3 Å². The number of nitrogens with one attached hydrogen (secondary N) is 1. The summed E-state index contributed by atoms with van der Waals surface area (Å²) < 4.78 is 4.16. The second kappa shape index (κ2) is 8.79. The van der Waals surface area contributed by atoms with E-state index in [1.54, 1.807) is 6.20 Å². The smallest absolute Gasteiger partial charge is 0.255 e. The van der Waals surface area contributed by atoms with E-state index >= 15 is 0 Å². The van der Waals surface area contributed by atoms with E-state index in [1.807, 2.05) is 59.4 Å². The maximum Gasteiger partial charge on any atom is 0.255 e. The number of anilines is 1. The first-order valence-electron chi connectivity index (χ1n) is 11.1. The Balaban J connectivity index is 1.38. The lowest BCUT2D eigenvalue weighted by Crippen LogP contribution is -2.12. The third kappa shape index (κ3) is 4.30. The second-order valence-electron chi connectivity index (χ2n) is 8.37. The molecule has 0 fully saturated rings. The van der Waals surface area contributed by atoms with Crippen LogP contribution in [0.1, 0.15) is 32.7 Å². The number of carbonyl (C=O) groups excluding carboxylic acids is 1. The fourth-order valence-corrected chi connectivity index (χ4v) is 4.24. The van der Waals surface area contributed by atoms with Crippen molar-refractivity contribution < 1.29 is 4.79 Å². The van der Waals surface area contributed by atoms with Crippen molar-refractivity contribution in [3.05, 3.63) is 119 Å².